The van der Waals surface area contributed by atoms with Crippen LogP contribution in [0.2, 0.25) is 0 Å². The van der Waals surface area contributed by atoms with Gasteiger partial charge in [0.25, 0.3) is 0 Å². The normalized spacial score (nSPS) is 24.4. The predicted molar refractivity (Wildman–Crippen MR) is 72.2 cm³/mol. The smallest absolute Gasteiger partial charge is 0.422 e. The summed E-state index contributed by atoms with van der Waals surface area (Å²) in [7, 11) is 0. The molecule has 0 bridgehead atoms. The minimum absolute atomic E-state index is 0.0788. The Balaban J connectivity index is 1.80. The van der Waals surface area contributed by atoms with E-state index >= 15 is 0 Å². The summed E-state index contributed by atoms with van der Waals surface area (Å²) in [4.78, 5) is 24.3. The van der Waals surface area contributed by atoms with E-state index in [4.69, 9.17) is 4.74 Å². The van der Waals surface area contributed by atoms with Gasteiger partial charge >= 0.3 is 12.2 Å². The molecule has 1 atom stereocenters. The summed E-state index contributed by atoms with van der Waals surface area (Å²) in [6.45, 7) is 5.76. The maximum atomic E-state index is 11.5. The molecule has 1 aliphatic heterocycles. The van der Waals surface area contributed by atoms with Crippen molar-refractivity contribution in [3.05, 3.63) is 0 Å². The van der Waals surface area contributed by atoms with Gasteiger partial charge in [0.15, 0.2) is 0 Å². The van der Waals surface area contributed by atoms with Gasteiger partial charge in [-0.1, -0.05) is 0 Å². The summed E-state index contributed by atoms with van der Waals surface area (Å²) in [6, 6.07) is -0.0788. The number of likely N-dealkylation sites (tertiary alicyclic amines) is 1. The highest BCUT2D eigenvalue weighted by molar-refractivity contribution is 5.68. The van der Waals surface area contributed by atoms with Crippen molar-refractivity contribution >= 4 is 12.2 Å². The molecule has 1 aliphatic carbocycles. The Morgan fingerprint density at radius 3 is 2.45 bits per heavy atom. The highest BCUT2D eigenvalue weighted by atomic mass is 16.6. The molecule has 7 heteroatoms. The van der Waals surface area contributed by atoms with Crippen LogP contribution in [0.3, 0.4) is 0 Å². The van der Waals surface area contributed by atoms with Crippen LogP contribution in [0.5, 0.6) is 0 Å². The number of hydrogen-bond acceptors (Lipinski definition) is 4. The first-order chi connectivity index (χ1) is 9.22. The molecule has 2 rings (SSSR count). The van der Waals surface area contributed by atoms with Crippen LogP contribution in [-0.2, 0) is 4.74 Å². The van der Waals surface area contributed by atoms with E-state index in [0.29, 0.717) is 6.54 Å². The molecule has 1 saturated heterocycles. The van der Waals surface area contributed by atoms with Crippen LogP contribution in [-0.4, -0.2) is 45.9 Å². The lowest BCUT2D eigenvalue weighted by Crippen LogP contribution is -2.57. The van der Waals surface area contributed by atoms with Gasteiger partial charge in [-0.2, -0.15) is 0 Å². The number of amides is 2. The standard InChI is InChI=1S/C13H23N3O4/c1-12(2,3)20-10(17)15-14-9-4-5-13(6-7-13)16(8-9)11(18)19/h9,14H,4-8H2,1-3H3,(H,15,17)(H,18,19). The number of hydrazine groups is 1. The topological polar surface area (TPSA) is 90.9 Å². The van der Waals surface area contributed by atoms with Gasteiger partial charge in [0.1, 0.15) is 5.60 Å². The van der Waals surface area contributed by atoms with E-state index in [-0.39, 0.29) is 11.6 Å². The molecule has 114 valence electrons. The van der Waals surface area contributed by atoms with E-state index in [1.54, 1.807) is 20.8 Å². The van der Waals surface area contributed by atoms with Crippen molar-refractivity contribution in [2.45, 2.75) is 63.6 Å². The summed E-state index contributed by atoms with van der Waals surface area (Å²) in [5.41, 5.74) is 4.67. The average Bonchev–Trinajstić information content (AvgIpc) is 3.06. The zero-order valence-electron chi connectivity index (χ0n) is 12.2. The van der Waals surface area contributed by atoms with E-state index in [1.807, 2.05) is 0 Å². The van der Waals surface area contributed by atoms with Gasteiger partial charge in [-0.05, 0) is 46.5 Å². The Morgan fingerprint density at radius 1 is 1.30 bits per heavy atom. The Kier molecular flexibility index (Phi) is 3.82. The summed E-state index contributed by atoms with van der Waals surface area (Å²) in [6.07, 6.45) is 2.15. The summed E-state index contributed by atoms with van der Waals surface area (Å²) in [5, 5.41) is 9.25. The monoisotopic (exact) mass is 285 g/mol. The number of carboxylic acid groups (broad SMARTS) is 1. The number of nitrogens with zero attached hydrogens (tertiary/aromatic N) is 1. The zero-order valence-corrected chi connectivity index (χ0v) is 12.2. The van der Waals surface area contributed by atoms with E-state index in [2.05, 4.69) is 10.9 Å². The Bertz CT molecular complexity index is 401. The molecule has 1 unspecified atom stereocenters. The minimum atomic E-state index is -0.883. The van der Waals surface area contributed by atoms with E-state index in [9.17, 15) is 14.7 Å². The Labute approximate surface area is 118 Å². The molecular weight excluding hydrogens is 262 g/mol. The molecule has 0 aromatic heterocycles. The second kappa shape index (κ2) is 5.12. The quantitative estimate of drug-likeness (QED) is 0.672. The van der Waals surface area contributed by atoms with Crippen molar-refractivity contribution < 1.29 is 19.4 Å². The largest absolute Gasteiger partial charge is 0.465 e. The van der Waals surface area contributed by atoms with Crippen LogP contribution in [0.15, 0.2) is 0 Å². The number of carbonyl (C=O) groups excluding carboxylic acids is 1. The molecule has 2 aliphatic rings. The highest BCUT2D eigenvalue weighted by Gasteiger charge is 2.53. The molecule has 0 aromatic rings. The SMILES string of the molecule is CC(C)(C)OC(=O)NNC1CCC2(CC2)N(C(=O)O)C1. The predicted octanol–water partition coefficient (Wildman–Crippen LogP) is 1.69. The molecule has 1 heterocycles. The van der Waals surface area contributed by atoms with Crippen LogP contribution in [0.1, 0.15) is 46.5 Å². The van der Waals surface area contributed by atoms with Gasteiger partial charge in [0, 0.05) is 18.1 Å². The van der Waals surface area contributed by atoms with Gasteiger partial charge in [0.2, 0.25) is 0 Å². The molecule has 1 spiro atoms. The van der Waals surface area contributed by atoms with Gasteiger partial charge in [-0.3, -0.25) is 5.43 Å². The van der Waals surface area contributed by atoms with Gasteiger partial charge in [0.05, 0.1) is 0 Å². The average molecular weight is 285 g/mol. The van der Waals surface area contributed by atoms with E-state index in [1.165, 1.54) is 4.90 Å². The third kappa shape index (κ3) is 3.53. The fourth-order valence-electron chi connectivity index (χ4n) is 2.61. The Hall–Kier alpha value is -1.50. The van der Waals surface area contributed by atoms with E-state index in [0.717, 1.165) is 25.7 Å². The molecular formula is C13H23N3O4. The van der Waals surface area contributed by atoms with Crippen molar-refractivity contribution in [1.82, 2.24) is 15.8 Å². The zero-order chi connectivity index (χ0) is 15.0. The van der Waals surface area contributed by atoms with Crippen LogP contribution < -0.4 is 10.9 Å². The number of piperidine rings is 1. The molecule has 2 fully saturated rings. The first kappa shape index (κ1) is 14.9. The third-order valence-corrected chi connectivity index (χ3v) is 3.77. The summed E-state index contributed by atoms with van der Waals surface area (Å²) in [5.74, 6) is 0. The molecule has 20 heavy (non-hydrogen) atoms. The van der Waals surface area contributed by atoms with Crippen molar-refractivity contribution in [2.24, 2.45) is 0 Å². The minimum Gasteiger partial charge on any atom is -0.465 e. The maximum absolute atomic E-state index is 11.5. The van der Waals surface area contributed by atoms with Crippen molar-refractivity contribution in [3.63, 3.8) is 0 Å². The fourth-order valence-corrected chi connectivity index (χ4v) is 2.61. The maximum Gasteiger partial charge on any atom is 0.422 e. The van der Waals surface area contributed by atoms with Crippen LogP contribution >= 0.6 is 0 Å². The number of rotatable bonds is 2. The molecule has 7 nitrogen and oxygen atoms in total. The number of hydrogen-bond donors (Lipinski definition) is 3. The fraction of sp³-hybridized carbons (Fsp3) is 0.846. The van der Waals surface area contributed by atoms with Crippen molar-refractivity contribution in [1.29, 1.82) is 0 Å². The third-order valence-electron chi connectivity index (χ3n) is 3.77. The lowest BCUT2D eigenvalue weighted by molar-refractivity contribution is 0.0452. The van der Waals surface area contributed by atoms with Crippen LogP contribution in [0.25, 0.3) is 0 Å². The van der Waals surface area contributed by atoms with Gasteiger partial charge < -0.3 is 14.7 Å². The molecule has 3 N–H and O–H groups in total. The second-order valence-electron chi connectivity index (χ2n) is 6.62. The number of ether oxygens (including phenoxy) is 1. The van der Waals surface area contributed by atoms with Gasteiger partial charge in [-0.15, -0.1) is 0 Å². The van der Waals surface area contributed by atoms with Crippen molar-refractivity contribution in [3.8, 4) is 0 Å². The molecule has 2 amide bonds. The highest BCUT2D eigenvalue weighted by Crippen LogP contribution is 2.48. The lowest BCUT2D eigenvalue weighted by Gasteiger charge is -2.38. The van der Waals surface area contributed by atoms with E-state index < -0.39 is 17.8 Å². The number of carbonyl (C=O) groups is 2. The van der Waals surface area contributed by atoms with Crippen LogP contribution in [0, 0.1) is 0 Å². The first-order valence-corrected chi connectivity index (χ1v) is 6.97. The first-order valence-electron chi connectivity index (χ1n) is 6.97. The molecule has 0 aromatic carbocycles. The summed E-state index contributed by atoms with van der Waals surface area (Å²) >= 11 is 0. The lowest BCUT2D eigenvalue weighted by atomic mass is 9.97. The summed E-state index contributed by atoms with van der Waals surface area (Å²) < 4.78 is 5.11. The van der Waals surface area contributed by atoms with Crippen molar-refractivity contribution in [2.75, 3.05) is 6.54 Å². The Morgan fingerprint density at radius 2 is 1.95 bits per heavy atom. The number of nitrogens with one attached hydrogen (secondary N) is 2. The molecule has 1 saturated carbocycles. The second-order valence-corrected chi connectivity index (χ2v) is 6.62. The van der Waals surface area contributed by atoms with Gasteiger partial charge in [-0.25, -0.2) is 15.0 Å². The van der Waals surface area contributed by atoms with Crippen LogP contribution in [0.4, 0.5) is 9.59 Å². The molecule has 0 radical (unpaired) electrons.